The SMILES string of the molecule is Cc1nc(CCCC(=O)NCCC(C)N)cs1.Cl.Cl. The van der Waals surface area contributed by atoms with Gasteiger partial charge in [-0.3, -0.25) is 4.79 Å². The standard InChI is InChI=1S/C12H21N3OS.2ClH/c1-9(13)6-7-14-12(16)5-3-4-11-8-17-10(2)15-11;;/h8-9H,3-7,13H2,1-2H3,(H,14,16);2*1H. The third kappa shape index (κ3) is 10.1. The van der Waals surface area contributed by atoms with Gasteiger partial charge < -0.3 is 11.1 Å². The highest BCUT2D eigenvalue weighted by Gasteiger charge is 2.03. The molecule has 1 amide bonds. The van der Waals surface area contributed by atoms with Gasteiger partial charge in [0.25, 0.3) is 0 Å². The van der Waals surface area contributed by atoms with Crippen LogP contribution in [0.1, 0.15) is 36.9 Å². The zero-order chi connectivity index (χ0) is 12.7. The van der Waals surface area contributed by atoms with E-state index in [1.807, 2.05) is 13.8 Å². The number of nitrogens with zero attached hydrogens (tertiary/aromatic N) is 1. The molecule has 19 heavy (non-hydrogen) atoms. The van der Waals surface area contributed by atoms with Crippen molar-refractivity contribution in [2.24, 2.45) is 5.73 Å². The molecular weight excluding hydrogens is 305 g/mol. The zero-order valence-corrected chi connectivity index (χ0v) is 13.8. The maximum Gasteiger partial charge on any atom is 0.220 e. The average molecular weight is 328 g/mol. The van der Waals surface area contributed by atoms with Crippen molar-refractivity contribution in [1.29, 1.82) is 0 Å². The highest BCUT2D eigenvalue weighted by Crippen LogP contribution is 2.10. The first-order chi connectivity index (χ1) is 8.08. The molecule has 1 heterocycles. The van der Waals surface area contributed by atoms with Gasteiger partial charge >= 0.3 is 0 Å². The largest absolute Gasteiger partial charge is 0.356 e. The van der Waals surface area contributed by atoms with Crippen LogP contribution in [0.15, 0.2) is 5.38 Å². The summed E-state index contributed by atoms with van der Waals surface area (Å²) < 4.78 is 0. The lowest BCUT2D eigenvalue weighted by molar-refractivity contribution is -0.121. The van der Waals surface area contributed by atoms with E-state index < -0.39 is 0 Å². The Kier molecular flexibility index (Phi) is 12.6. The molecule has 0 bridgehead atoms. The van der Waals surface area contributed by atoms with E-state index >= 15 is 0 Å². The summed E-state index contributed by atoms with van der Waals surface area (Å²) in [4.78, 5) is 15.8. The van der Waals surface area contributed by atoms with Gasteiger partial charge in [-0.05, 0) is 33.1 Å². The molecule has 7 heteroatoms. The van der Waals surface area contributed by atoms with Gasteiger partial charge in [0.05, 0.1) is 10.7 Å². The fraction of sp³-hybridized carbons (Fsp3) is 0.667. The predicted octanol–water partition coefficient (Wildman–Crippen LogP) is 2.47. The van der Waals surface area contributed by atoms with Crippen molar-refractivity contribution in [2.75, 3.05) is 6.54 Å². The first-order valence-corrected chi connectivity index (χ1v) is 6.89. The number of amides is 1. The third-order valence-electron chi connectivity index (χ3n) is 2.43. The Labute approximate surface area is 131 Å². The fourth-order valence-corrected chi connectivity index (χ4v) is 2.13. The number of nitrogens with two attached hydrogens (primary N) is 1. The summed E-state index contributed by atoms with van der Waals surface area (Å²) in [5.41, 5.74) is 6.69. The number of carbonyl (C=O) groups excluding carboxylic acids is 1. The topological polar surface area (TPSA) is 68.0 Å². The van der Waals surface area contributed by atoms with Gasteiger partial charge in [-0.2, -0.15) is 0 Å². The summed E-state index contributed by atoms with van der Waals surface area (Å²) in [7, 11) is 0. The predicted molar refractivity (Wildman–Crippen MR) is 85.6 cm³/mol. The number of thiazole rings is 1. The Morgan fingerprint density at radius 3 is 2.74 bits per heavy atom. The van der Waals surface area contributed by atoms with Crippen LogP contribution in [0.25, 0.3) is 0 Å². The monoisotopic (exact) mass is 327 g/mol. The Hall–Kier alpha value is -0.360. The Morgan fingerprint density at radius 1 is 1.53 bits per heavy atom. The van der Waals surface area contributed by atoms with Crippen LogP contribution >= 0.6 is 36.2 Å². The van der Waals surface area contributed by atoms with Crippen molar-refractivity contribution in [2.45, 2.75) is 45.6 Å². The van der Waals surface area contributed by atoms with Crippen molar-refractivity contribution >= 4 is 42.1 Å². The van der Waals surface area contributed by atoms with Gasteiger partial charge in [-0.15, -0.1) is 36.2 Å². The summed E-state index contributed by atoms with van der Waals surface area (Å²) in [5, 5.41) is 6.01. The number of nitrogens with one attached hydrogen (secondary N) is 1. The van der Waals surface area contributed by atoms with E-state index in [1.54, 1.807) is 11.3 Å². The number of rotatable bonds is 7. The Morgan fingerprint density at radius 2 is 2.21 bits per heavy atom. The van der Waals surface area contributed by atoms with E-state index in [9.17, 15) is 4.79 Å². The summed E-state index contributed by atoms with van der Waals surface area (Å²) in [6, 6.07) is 0.147. The molecule has 112 valence electrons. The Bertz CT molecular complexity index is 358. The van der Waals surface area contributed by atoms with Crippen LogP contribution in [-0.4, -0.2) is 23.5 Å². The van der Waals surface area contributed by atoms with Gasteiger partial charge in [-0.25, -0.2) is 4.98 Å². The first kappa shape index (κ1) is 20.9. The number of hydrogen-bond acceptors (Lipinski definition) is 4. The van der Waals surface area contributed by atoms with Crippen LogP contribution in [0, 0.1) is 6.92 Å². The molecule has 0 fully saturated rings. The maximum absolute atomic E-state index is 11.5. The number of carbonyl (C=O) groups is 1. The summed E-state index contributed by atoms with van der Waals surface area (Å²) in [6.45, 7) is 4.61. The van der Waals surface area contributed by atoms with Gasteiger partial charge in [0.1, 0.15) is 0 Å². The molecule has 0 saturated carbocycles. The molecule has 0 aromatic carbocycles. The lowest BCUT2D eigenvalue weighted by Gasteiger charge is -2.06. The van der Waals surface area contributed by atoms with E-state index in [0.29, 0.717) is 13.0 Å². The minimum atomic E-state index is 0. The molecule has 0 aliphatic rings. The lowest BCUT2D eigenvalue weighted by Crippen LogP contribution is -2.28. The van der Waals surface area contributed by atoms with Crippen molar-refractivity contribution in [1.82, 2.24) is 10.3 Å². The minimum Gasteiger partial charge on any atom is -0.356 e. The van der Waals surface area contributed by atoms with Crippen LogP contribution in [0.2, 0.25) is 0 Å². The number of halogens is 2. The summed E-state index contributed by atoms with van der Waals surface area (Å²) >= 11 is 1.65. The number of aryl methyl sites for hydroxylation is 2. The third-order valence-corrected chi connectivity index (χ3v) is 3.25. The van der Waals surface area contributed by atoms with Crippen molar-refractivity contribution in [3.8, 4) is 0 Å². The molecule has 0 saturated heterocycles. The first-order valence-electron chi connectivity index (χ1n) is 6.01. The quantitative estimate of drug-likeness (QED) is 0.808. The van der Waals surface area contributed by atoms with Crippen LogP contribution in [0.3, 0.4) is 0 Å². The number of aromatic nitrogens is 1. The Balaban J connectivity index is 0. The summed E-state index contributed by atoms with van der Waals surface area (Å²) in [5.74, 6) is 0.109. The molecule has 0 radical (unpaired) electrons. The highest BCUT2D eigenvalue weighted by molar-refractivity contribution is 7.09. The normalized spacial score (nSPS) is 11.1. The molecule has 4 nitrogen and oxygen atoms in total. The van der Waals surface area contributed by atoms with Gasteiger partial charge in [0, 0.05) is 24.4 Å². The van der Waals surface area contributed by atoms with E-state index in [4.69, 9.17) is 5.73 Å². The minimum absolute atomic E-state index is 0. The van der Waals surface area contributed by atoms with E-state index in [1.165, 1.54) is 0 Å². The smallest absolute Gasteiger partial charge is 0.220 e. The average Bonchev–Trinajstić information content (AvgIpc) is 2.63. The van der Waals surface area contributed by atoms with Gasteiger partial charge in [0.2, 0.25) is 5.91 Å². The van der Waals surface area contributed by atoms with Crippen LogP contribution < -0.4 is 11.1 Å². The number of hydrogen-bond donors (Lipinski definition) is 2. The second kappa shape index (κ2) is 11.5. The van der Waals surface area contributed by atoms with Crippen molar-refractivity contribution in [3.05, 3.63) is 16.1 Å². The van der Waals surface area contributed by atoms with E-state index in [-0.39, 0.29) is 36.8 Å². The second-order valence-electron chi connectivity index (χ2n) is 4.33. The molecule has 1 aromatic rings. The molecule has 1 rings (SSSR count). The molecule has 1 aromatic heterocycles. The van der Waals surface area contributed by atoms with Crippen LogP contribution in [0.4, 0.5) is 0 Å². The van der Waals surface area contributed by atoms with Crippen LogP contribution in [0.5, 0.6) is 0 Å². The van der Waals surface area contributed by atoms with E-state index in [0.717, 1.165) is 30.0 Å². The highest BCUT2D eigenvalue weighted by atomic mass is 35.5. The maximum atomic E-state index is 11.5. The molecule has 0 aliphatic heterocycles. The fourth-order valence-electron chi connectivity index (χ4n) is 1.48. The zero-order valence-electron chi connectivity index (χ0n) is 11.3. The summed E-state index contributed by atoms with van der Waals surface area (Å²) in [6.07, 6.45) is 3.13. The molecular formula is C12H23Cl2N3OS. The van der Waals surface area contributed by atoms with E-state index in [2.05, 4.69) is 15.7 Å². The van der Waals surface area contributed by atoms with Gasteiger partial charge in [-0.1, -0.05) is 0 Å². The second-order valence-corrected chi connectivity index (χ2v) is 5.39. The van der Waals surface area contributed by atoms with Crippen LogP contribution in [-0.2, 0) is 11.2 Å². The molecule has 1 unspecified atom stereocenters. The molecule has 1 atom stereocenters. The van der Waals surface area contributed by atoms with Gasteiger partial charge in [0.15, 0.2) is 0 Å². The lowest BCUT2D eigenvalue weighted by atomic mass is 10.2. The van der Waals surface area contributed by atoms with Crippen molar-refractivity contribution in [3.63, 3.8) is 0 Å². The molecule has 3 N–H and O–H groups in total. The molecule has 0 aliphatic carbocycles. The van der Waals surface area contributed by atoms with Crippen molar-refractivity contribution < 1.29 is 4.79 Å². The molecule has 0 spiro atoms.